The zero-order valence-electron chi connectivity index (χ0n) is 8.89. The molecule has 0 amide bonds. The van der Waals surface area contributed by atoms with Gasteiger partial charge in [0.2, 0.25) is 0 Å². The van der Waals surface area contributed by atoms with Crippen LogP contribution in [-0.2, 0) is 6.42 Å². The van der Waals surface area contributed by atoms with Crippen molar-refractivity contribution in [3.8, 4) is 5.75 Å². The first-order valence-corrected chi connectivity index (χ1v) is 5.85. The zero-order valence-corrected chi connectivity index (χ0v) is 9.64. The Labute approximate surface area is 95.3 Å². The fraction of sp³-hybridized carbons (Fsp3) is 0.500. The average molecular weight is 226 g/mol. The van der Waals surface area contributed by atoms with Gasteiger partial charge in [0.15, 0.2) is 0 Å². The molecular weight excluding hydrogens is 210 g/mol. The molecule has 1 aliphatic rings. The van der Waals surface area contributed by atoms with Gasteiger partial charge in [-0.05, 0) is 43.5 Å². The number of hydrogen-bond acceptors (Lipinski definition) is 2. The summed E-state index contributed by atoms with van der Waals surface area (Å²) in [6.45, 7) is 3.05. The van der Waals surface area contributed by atoms with Gasteiger partial charge in [0.05, 0.1) is 0 Å². The average Bonchev–Trinajstić information content (AvgIpc) is 2.74. The number of aromatic hydroxyl groups is 1. The predicted molar refractivity (Wildman–Crippen MR) is 62.5 cm³/mol. The van der Waals surface area contributed by atoms with Crippen molar-refractivity contribution in [2.24, 2.45) is 0 Å². The van der Waals surface area contributed by atoms with Crippen molar-refractivity contribution in [2.75, 3.05) is 6.54 Å². The molecule has 3 heteroatoms. The molecule has 1 saturated heterocycles. The van der Waals surface area contributed by atoms with Crippen LogP contribution in [0.5, 0.6) is 5.75 Å². The lowest BCUT2D eigenvalue weighted by atomic mass is 10.00. The summed E-state index contributed by atoms with van der Waals surface area (Å²) in [6.07, 6.45) is 3.06. The summed E-state index contributed by atoms with van der Waals surface area (Å²) >= 11 is 6.04. The largest absolute Gasteiger partial charge is 0.507 e. The summed E-state index contributed by atoms with van der Waals surface area (Å²) in [5, 5.41) is 14.2. The van der Waals surface area contributed by atoms with E-state index in [0.29, 0.717) is 10.8 Å². The Hall–Kier alpha value is -0.730. The van der Waals surface area contributed by atoms with E-state index in [2.05, 4.69) is 5.32 Å². The fourth-order valence-electron chi connectivity index (χ4n) is 2.16. The number of benzene rings is 1. The molecule has 2 nitrogen and oxygen atoms in total. The third-order valence-electron chi connectivity index (χ3n) is 3.00. The lowest BCUT2D eigenvalue weighted by Gasteiger charge is -2.15. The monoisotopic (exact) mass is 225 g/mol. The van der Waals surface area contributed by atoms with Crippen molar-refractivity contribution >= 4 is 11.6 Å². The van der Waals surface area contributed by atoms with Crippen molar-refractivity contribution in [2.45, 2.75) is 32.2 Å². The highest BCUT2D eigenvalue weighted by atomic mass is 35.5. The molecule has 0 spiro atoms. The SMILES string of the molecule is CCc1cc(Cl)cc(C2CCCN2)c1O. The molecule has 15 heavy (non-hydrogen) atoms. The lowest BCUT2D eigenvalue weighted by molar-refractivity contribution is 0.451. The Morgan fingerprint density at radius 2 is 2.33 bits per heavy atom. The second kappa shape index (κ2) is 4.42. The highest BCUT2D eigenvalue weighted by molar-refractivity contribution is 6.30. The first-order chi connectivity index (χ1) is 7.22. The number of hydrogen-bond donors (Lipinski definition) is 2. The van der Waals surface area contributed by atoms with Crippen LogP contribution in [0.15, 0.2) is 12.1 Å². The highest BCUT2D eigenvalue weighted by Gasteiger charge is 2.21. The fourth-order valence-corrected chi connectivity index (χ4v) is 2.41. The summed E-state index contributed by atoms with van der Waals surface area (Å²) in [4.78, 5) is 0. The molecule has 0 aromatic heterocycles. The van der Waals surface area contributed by atoms with Gasteiger partial charge in [0, 0.05) is 16.6 Å². The first kappa shape index (κ1) is 10.8. The number of nitrogens with one attached hydrogen (secondary N) is 1. The van der Waals surface area contributed by atoms with Crippen LogP contribution in [0, 0.1) is 0 Å². The molecule has 0 aliphatic carbocycles. The van der Waals surface area contributed by atoms with Gasteiger partial charge in [-0.2, -0.15) is 0 Å². The van der Waals surface area contributed by atoms with E-state index in [1.54, 1.807) is 0 Å². The van der Waals surface area contributed by atoms with E-state index in [4.69, 9.17) is 11.6 Å². The molecular formula is C12H16ClNO. The molecule has 2 N–H and O–H groups in total. The number of halogens is 1. The van der Waals surface area contributed by atoms with Crippen molar-refractivity contribution in [3.05, 3.63) is 28.3 Å². The van der Waals surface area contributed by atoms with Crippen molar-refractivity contribution in [1.82, 2.24) is 5.32 Å². The number of phenols is 1. The van der Waals surface area contributed by atoms with E-state index in [9.17, 15) is 5.11 Å². The van der Waals surface area contributed by atoms with Gasteiger partial charge in [-0.1, -0.05) is 18.5 Å². The smallest absolute Gasteiger partial charge is 0.123 e. The molecule has 1 aromatic carbocycles. The topological polar surface area (TPSA) is 32.3 Å². The molecule has 1 unspecified atom stereocenters. The van der Waals surface area contributed by atoms with E-state index >= 15 is 0 Å². The van der Waals surface area contributed by atoms with Gasteiger partial charge in [-0.3, -0.25) is 0 Å². The molecule has 1 fully saturated rings. The van der Waals surface area contributed by atoms with E-state index in [1.165, 1.54) is 0 Å². The van der Waals surface area contributed by atoms with Crippen LogP contribution in [0.4, 0.5) is 0 Å². The van der Waals surface area contributed by atoms with Crippen LogP contribution in [0.25, 0.3) is 0 Å². The third kappa shape index (κ3) is 2.11. The zero-order chi connectivity index (χ0) is 10.8. The normalized spacial score (nSPS) is 20.8. The van der Waals surface area contributed by atoms with E-state index < -0.39 is 0 Å². The molecule has 0 bridgehead atoms. The van der Waals surface area contributed by atoms with E-state index in [1.807, 2.05) is 19.1 Å². The Kier molecular flexibility index (Phi) is 3.17. The summed E-state index contributed by atoms with van der Waals surface area (Å²) in [6, 6.07) is 3.99. The van der Waals surface area contributed by atoms with Crippen LogP contribution in [0.3, 0.4) is 0 Å². The minimum Gasteiger partial charge on any atom is -0.507 e. The maximum atomic E-state index is 10.1. The number of aryl methyl sites for hydroxylation is 1. The summed E-state index contributed by atoms with van der Waals surface area (Å²) in [7, 11) is 0. The quantitative estimate of drug-likeness (QED) is 0.811. The maximum Gasteiger partial charge on any atom is 0.123 e. The van der Waals surface area contributed by atoms with Crippen LogP contribution in [-0.4, -0.2) is 11.7 Å². The highest BCUT2D eigenvalue weighted by Crippen LogP contribution is 2.35. The van der Waals surface area contributed by atoms with Crippen LogP contribution in [0.1, 0.15) is 36.9 Å². The van der Waals surface area contributed by atoms with E-state index in [0.717, 1.165) is 36.9 Å². The Morgan fingerprint density at radius 3 is 2.93 bits per heavy atom. The van der Waals surface area contributed by atoms with Crippen LogP contribution in [0.2, 0.25) is 5.02 Å². The van der Waals surface area contributed by atoms with Gasteiger partial charge in [0.25, 0.3) is 0 Å². The van der Waals surface area contributed by atoms with E-state index in [-0.39, 0.29) is 6.04 Å². The van der Waals surface area contributed by atoms with Gasteiger partial charge >= 0.3 is 0 Å². The molecule has 0 radical (unpaired) electrons. The first-order valence-electron chi connectivity index (χ1n) is 5.47. The Balaban J connectivity index is 2.40. The number of rotatable bonds is 2. The van der Waals surface area contributed by atoms with Crippen LogP contribution < -0.4 is 5.32 Å². The van der Waals surface area contributed by atoms with Gasteiger partial charge in [-0.15, -0.1) is 0 Å². The standard InChI is InChI=1S/C12H16ClNO/c1-2-8-6-9(13)7-10(12(8)15)11-4-3-5-14-11/h6-7,11,14-15H,2-5H2,1H3. The second-order valence-corrected chi connectivity index (χ2v) is 4.44. The number of phenolic OH excluding ortho intramolecular Hbond substituents is 1. The Bertz CT molecular complexity index is 359. The Morgan fingerprint density at radius 1 is 1.53 bits per heavy atom. The molecule has 1 atom stereocenters. The minimum absolute atomic E-state index is 0.272. The van der Waals surface area contributed by atoms with Crippen molar-refractivity contribution in [3.63, 3.8) is 0 Å². The second-order valence-electron chi connectivity index (χ2n) is 4.01. The van der Waals surface area contributed by atoms with Gasteiger partial charge in [0.1, 0.15) is 5.75 Å². The lowest BCUT2D eigenvalue weighted by Crippen LogP contribution is -2.13. The summed E-state index contributed by atoms with van der Waals surface area (Å²) in [5.41, 5.74) is 1.89. The van der Waals surface area contributed by atoms with Gasteiger partial charge < -0.3 is 10.4 Å². The molecule has 1 aliphatic heterocycles. The van der Waals surface area contributed by atoms with Gasteiger partial charge in [-0.25, -0.2) is 0 Å². The maximum absolute atomic E-state index is 10.1. The van der Waals surface area contributed by atoms with Crippen molar-refractivity contribution in [1.29, 1.82) is 0 Å². The summed E-state index contributed by atoms with van der Waals surface area (Å²) < 4.78 is 0. The predicted octanol–water partition coefficient (Wildman–Crippen LogP) is 3.03. The summed E-state index contributed by atoms with van der Waals surface area (Å²) in [5.74, 6) is 0.418. The minimum atomic E-state index is 0.272. The molecule has 82 valence electrons. The van der Waals surface area contributed by atoms with Crippen molar-refractivity contribution < 1.29 is 5.11 Å². The van der Waals surface area contributed by atoms with Crippen LogP contribution >= 0.6 is 11.6 Å². The molecule has 0 saturated carbocycles. The molecule has 1 heterocycles. The molecule has 2 rings (SSSR count). The third-order valence-corrected chi connectivity index (χ3v) is 3.22. The molecule has 1 aromatic rings.